The van der Waals surface area contributed by atoms with Crippen LogP contribution in [0.15, 0.2) is 30.6 Å². The minimum Gasteiger partial charge on any atom is -0.508 e. The number of β-amino-alcohol motifs (C(OH)–C–C–N with tert-alkyl or cyclic N) is 1. The summed E-state index contributed by atoms with van der Waals surface area (Å²) in [7, 11) is 0. The van der Waals surface area contributed by atoms with E-state index in [2.05, 4.69) is 15.8 Å². The molecule has 3 atom stereocenters. The molecule has 2 aromatic heterocycles. The number of ether oxygens (including phenoxy) is 1. The Hall–Kier alpha value is -4.01. The zero-order valence-corrected chi connectivity index (χ0v) is 24.1. The van der Waals surface area contributed by atoms with Gasteiger partial charge in [0.1, 0.15) is 24.3 Å². The number of halogens is 2. The van der Waals surface area contributed by atoms with Crippen LogP contribution in [0.3, 0.4) is 0 Å². The summed E-state index contributed by atoms with van der Waals surface area (Å²) in [4.78, 5) is 18.4. The molecule has 2 N–H and O–H groups in total. The maximum atomic E-state index is 14.7. The Kier molecular flexibility index (Phi) is 6.67. The van der Waals surface area contributed by atoms with Crippen molar-refractivity contribution in [1.29, 1.82) is 0 Å². The van der Waals surface area contributed by atoms with Crippen molar-refractivity contribution in [1.82, 2.24) is 24.4 Å². The second-order valence-corrected chi connectivity index (χ2v) is 12.5. The number of aliphatic hydroxyl groups is 1. The molecule has 43 heavy (non-hydrogen) atoms. The smallest absolute Gasteiger partial charge is 0.247 e. The van der Waals surface area contributed by atoms with Gasteiger partial charge in [0.05, 0.1) is 29.6 Å². The zero-order valence-electron chi connectivity index (χ0n) is 24.1. The highest BCUT2D eigenvalue weighted by atomic mass is 19.1. The average molecular weight is 589 g/mol. The summed E-state index contributed by atoms with van der Waals surface area (Å²) >= 11 is 0. The van der Waals surface area contributed by atoms with Crippen molar-refractivity contribution in [2.75, 3.05) is 37.7 Å². The van der Waals surface area contributed by atoms with E-state index in [9.17, 15) is 19.0 Å². The number of phenols is 1. The number of anilines is 1. The molecule has 0 radical (unpaired) electrons. The molecule has 7 rings (SSSR count). The van der Waals surface area contributed by atoms with Crippen molar-refractivity contribution < 1.29 is 23.7 Å². The molecular weight excluding hydrogens is 554 g/mol. The summed E-state index contributed by atoms with van der Waals surface area (Å²) in [5.41, 5.74) is 0.384. The Morgan fingerprint density at radius 3 is 2.84 bits per heavy atom. The molecular formula is C32H34F2N6O3. The van der Waals surface area contributed by atoms with Gasteiger partial charge in [-0.25, -0.2) is 13.8 Å². The molecule has 2 aromatic carbocycles. The van der Waals surface area contributed by atoms with Gasteiger partial charge >= 0.3 is 0 Å². The van der Waals surface area contributed by atoms with Crippen molar-refractivity contribution in [2.45, 2.75) is 62.9 Å². The monoisotopic (exact) mass is 588 g/mol. The molecule has 0 unspecified atom stereocenters. The van der Waals surface area contributed by atoms with Crippen LogP contribution in [0, 0.1) is 18.2 Å². The molecule has 0 saturated carbocycles. The average Bonchev–Trinajstić information content (AvgIpc) is 3.63. The molecule has 3 fully saturated rings. The fourth-order valence-electron chi connectivity index (χ4n) is 7.27. The fraction of sp³-hybridized carbons (Fsp3) is 0.469. The van der Waals surface area contributed by atoms with E-state index in [4.69, 9.17) is 21.1 Å². The number of benzene rings is 2. The number of phenolic OH excluding ortho intramolecular Hbond substituents is 1. The lowest BCUT2D eigenvalue weighted by Crippen LogP contribution is -2.47. The number of terminal acetylenes is 1. The van der Waals surface area contributed by atoms with Gasteiger partial charge in [0, 0.05) is 31.4 Å². The number of nitrogens with zero attached hydrogens (tertiary/aromatic N) is 6. The van der Waals surface area contributed by atoms with Crippen LogP contribution < -0.4 is 9.64 Å². The van der Waals surface area contributed by atoms with Gasteiger partial charge < -0.3 is 24.4 Å². The minimum absolute atomic E-state index is 0.0273. The predicted molar refractivity (Wildman–Crippen MR) is 159 cm³/mol. The lowest BCUT2D eigenvalue weighted by Gasteiger charge is -2.37. The number of aromatic nitrogens is 4. The van der Waals surface area contributed by atoms with E-state index in [1.807, 2.05) is 4.90 Å². The summed E-state index contributed by atoms with van der Waals surface area (Å²) in [6, 6.07) is 6.00. The molecule has 3 aliphatic heterocycles. The standard InChI is InChI=1S/C32H34F2N6O3/c1-3-24-25(34)7-6-20-12-23(41)13-21(26(20)24)15-39-19-35-27-28(39)36-30(38-10-4-8-31(2,42)17-38)37-29(27)43-18-32-9-5-11-40(32)16-22(33)14-32/h1,6-7,12-13,19,22,41-42H,4-5,8-11,14-18H2,2H3/t22-,31+,32+/m1/s1. The molecule has 3 saturated heterocycles. The van der Waals surface area contributed by atoms with Gasteiger partial charge in [-0.1, -0.05) is 12.0 Å². The topological polar surface area (TPSA) is 99.8 Å². The SMILES string of the molecule is C#Cc1c(F)ccc2cc(O)cc(Cn3cnc4c(OC[C@@]56CCCN5C[C@H](F)C6)nc(N5CCC[C@](C)(O)C5)nc43)c12. The number of piperidine rings is 1. The second-order valence-electron chi connectivity index (χ2n) is 12.5. The van der Waals surface area contributed by atoms with Gasteiger partial charge in [0.15, 0.2) is 11.2 Å². The van der Waals surface area contributed by atoms with Crippen molar-refractivity contribution in [3.63, 3.8) is 0 Å². The molecule has 0 aliphatic carbocycles. The fourth-order valence-corrected chi connectivity index (χ4v) is 7.27. The van der Waals surface area contributed by atoms with E-state index in [0.29, 0.717) is 71.8 Å². The molecule has 9 nitrogen and oxygen atoms in total. The first-order valence-electron chi connectivity index (χ1n) is 14.8. The Bertz CT molecular complexity index is 1770. The predicted octanol–water partition coefficient (Wildman–Crippen LogP) is 4.16. The van der Waals surface area contributed by atoms with Crippen LogP contribution in [0.1, 0.15) is 50.2 Å². The molecule has 224 valence electrons. The summed E-state index contributed by atoms with van der Waals surface area (Å²) in [5.74, 6) is 2.67. The minimum atomic E-state index is -0.892. The van der Waals surface area contributed by atoms with Crippen LogP contribution in [0.2, 0.25) is 0 Å². The molecule has 5 heterocycles. The Morgan fingerprint density at radius 2 is 2.02 bits per heavy atom. The van der Waals surface area contributed by atoms with Crippen LogP contribution in [0.4, 0.5) is 14.7 Å². The number of alkyl halides is 1. The normalized spacial score (nSPS) is 25.8. The first-order chi connectivity index (χ1) is 20.6. The maximum Gasteiger partial charge on any atom is 0.247 e. The molecule has 0 bridgehead atoms. The Balaban J connectivity index is 1.31. The Labute approximate surface area is 248 Å². The van der Waals surface area contributed by atoms with E-state index in [1.165, 1.54) is 6.07 Å². The van der Waals surface area contributed by atoms with E-state index < -0.39 is 17.6 Å². The van der Waals surface area contributed by atoms with Crippen LogP contribution >= 0.6 is 0 Å². The highest BCUT2D eigenvalue weighted by Gasteiger charge is 2.49. The van der Waals surface area contributed by atoms with Gasteiger partial charge in [-0.15, -0.1) is 6.42 Å². The van der Waals surface area contributed by atoms with Crippen LogP contribution in [0.25, 0.3) is 21.9 Å². The first-order valence-corrected chi connectivity index (χ1v) is 14.8. The molecule has 3 aliphatic rings. The van der Waals surface area contributed by atoms with Gasteiger partial charge in [0.25, 0.3) is 0 Å². The van der Waals surface area contributed by atoms with Crippen LogP contribution in [-0.2, 0) is 6.54 Å². The number of hydrogen-bond acceptors (Lipinski definition) is 8. The summed E-state index contributed by atoms with van der Waals surface area (Å²) < 4.78 is 37.4. The largest absolute Gasteiger partial charge is 0.508 e. The maximum absolute atomic E-state index is 14.7. The third-order valence-electron chi connectivity index (χ3n) is 9.23. The van der Waals surface area contributed by atoms with Crippen molar-refractivity contribution in [3.8, 4) is 24.0 Å². The lowest BCUT2D eigenvalue weighted by molar-refractivity contribution is 0.0444. The highest BCUT2D eigenvalue weighted by molar-refractivity contribution is 5.92. The van der Waals surface area contributed by atoms with Crippen molar-refractivity contribution in [2.24, 2.45) is 0 Å². The number of hydrogen-bond donors (Lipinski definition) is 2. The number of aromatic hydroxyl groups is 1. The van der Waals surface area contributed by atoms with Crippen LogP contribution in [-0.4, -0.2) is 84.7 Å². The third-order valence-corrected chi connectivity index (χ3v) is 9.23. The summed E-state index contributed by atoms with van der Waals surface area (Å²) in [5, 5.41) is 22.4. The number of fused-ring (bicyclic) bond motifs is 3. The van der Waals surface area contributed by atoms with Crippen molar-refractivity contribution in [3.05, 3.63) is 47.5 Å². The van der Waals surface area contributed by atoms with Crippen molar-refractivity contribution >= 4 is 27.9 Å². The van der Waals surface area contributed by atoms with E-state index in [-0.39, 0.29) is 30.0 Å². The quantitative estimate of drug-likeness (QED) is 0.324. The molecule has 4 aromatic rings. The third kappa shape index (κ3) is 4.92. The van der Waals surface area contributed by atoms with E-state index in [1.54, 1.807) is 36.0 Å². The van der Waals surface area contributed by atoms with Gasteiger partial charge in [-0.2, -0.15) is 9.97 Å². The Morgan fingerprint density at radius 1 is 1.19 bits per heavy atom. The first kappa shape index (κ1) is 27.8. The molecule has 0 amide bonds. The number of rotatable bonds is 6. The van der Waals surface area contributed by atoms with E-state index in [0.717, 1.165) is 25.8 Å². The molecule has 0 spiro atoms. The van der Waals surface area contributed by atoms with Gasteiger partial charge in [-0.3, -0.25) is 4.90 Å². The lowest BCUT2D eigenvalue weighted by atomic mass is 9.95. The van der Waals surface area contributed by atoms with E-state index >= 15 is 0 Å². The highest BCUT2D eigenvalue weighted by Crippen LogP contribution is 2.41. The van der Waals surface area contributed by atoms with Gasteiger partial charge in [0.2, 0.25) is 11.8 Å². The van der Waals surface area contributed by atoms with Crippen LogP contribution in [0.5, 0.6) is 11.6 Å². The summed E-state index contributed by atoms with van der Waals surface area (Å²) in [6.45, 7) is 4.57. The zero-order chi connectivity index (χ0) is 29.9. The molecule has 11 heteroatoms. The summed E-state index contributed by atoms with van der Waals surface area (Å²) in [6.07, 6.45) is 10.2. The van der Waals surface area contributed by atoms with Gasteiger partial charge in [-0.05, 0) is 68.3 Å². The number of imidazole rings is 1. The second kappa shape index (κ2) is 10.3.